The molecule has 3 aromatic rings. The summed E-state index contributed by atoms with van der Waals surface area (Å²) >= 11 is 0. The van der Waals surface area contributed by atoms with E-state index in [9.17, 15) is 4.79 Å². The van der Waals surface area contributed by atoms with Crippen molar-refractivity contribution in [3.05, 3.63) is 71.8 Å². The molecule has 1 N–H and O–H groups in total. The van der Waals surface area contributed by atoms with Crippen molar-refractivity contribution < 1.29 is 23.7 Å². The fourth-order valence-corrected chi connectivity index (χ4v) is 2.80. The van der Waals surface area contributed by atoms with Gasteiger partial charge in [-0.05, 0) is 43.3 Å². The Morgan fingerprint density at radius 2 is 1.41 bits per heavy atom. The topological polar surface area (TPSA) is 66.0 Å². The van der Waals surface area contributed by atoms with Crippen molar-refractivity contribution in [1.82, 2.24) is 0 Å². The third kappa shape index (κ3) is 4.60. The minimum absolute atomic E-state index is 0.329. The molecular formula is C23H23NO5. The maximum absolute atomic E-state index is 12.9. The number of rotatable bonds is 7. The molecule has 0 heterocycles. The minimum atomic E-state index is -0.329. The van der Waals surface area contributed by atoms with E-state index in [4.69, 9.17) is 18.9 Å². The van der Waals surface area contributed by atoms with Gasteiger partial charge in [-0.15, -0.1) is 0 Å². The molecule has 0 unspecified atom stereocenters. The zero-order valence-electron chi connectivity index (χ0n) is 16.8. The summed E-state index contributed by atoms with van der Waals surface area (Å²) in [6.45, 7) is 2.01. The van der Waals surface area contributed by atoms with Crippen LogP contribution in [0.4, 0.5) is 5.69 Å². The van der Waals surface area contributed by atoms with Gasteiger partial charge >= 0.3 is 0 Å². The van der Waals surface area contributed by atoms with E-state index in [0.717, 1.165) is 5.56 Å². The normalized spacial score (nSPS) is 10.2. The molecule has 0 radical (unpaired) electrons. The Hall–Kier alpha value is -3.67. The lowest BCUT2D eigenvalue weighted by Crippen LogP contribution is -2.13. The molecule has 150 valence electrons. The summed E-state index contributed by atoms with van der Waals surface area (Å²) in [6, 6.07) is 18.1. The number of para-hydroxylation sites is 2. The summed E-state index contributed by atoms with van der Waals surface area (Å²) in [4.78, 5) is 12.9. The van der Waals surface area contributed by atoms with Gasteiger partial charge in [0.25, 0.3) is 5.91 Å². The summed E-state index contributed by atoms with van der Waals surface area (Å²) in [5.41, 5.74) is 2.05. The number of aryl methyl sites for hydroxylation is 1. The molecule has 0 spiro atoms. The number of hydrogen-bond acceptors (Lipinski definition) is 5. The van der Waals surface area contributed by atoms with Gasteiger partial charge in [-0.25, -0.2) is 0 Å². The molecule has 1 amide bonds. The van der Waals surface area contributed by atoms with E-state index in [0.29, 0.717) is 40.0 Å². The highest BCUT2D eigenvalue weighted by molar-refractivity contribution is 6.05. The molecule has 0 aromatic heterocycles. The van der Waals surface area contributed by atoms with Crippen LogP contribution in [0.15, 0.2) is 60.7 Å². The number of benzene rings is 3. The van der Waals surface area contributed by atoms with Crippen LogP contribution in [0, 0.1) is 6.92 Å². The van der Waals surface area contributed by atoms with Gasteiger partial charge < -0.3 is 24.3 Å². The number of ether oxygens (including phenoxy) is 4. The maximum Gasteiger partial charge on any atom is 0.256 e. The van der Waals surface area contributed by atoms with Crippen molar-refractivity contribution in [3.63, 3.8) is 0 Å². The molecule has 0 saturated heterocycles. The molecule has 29 heavy (non-hydrogen) atoms. The quantitative estimate of drug-likeness (QED) is 0.607. The highest BCUT2D eigenvalue weighted by atomic mass is 16.5. The molecule has 3 aromatic carbocycles. The number of methoxy groups -OCH3 is 3. The molecule has 0 aliphatic heterocycles. The Balaban J connectivity index is 1.87. The Bertz CT molecular complexity index is 973. The smallest absolute Gasteiger partial charge is 0.256 e. The minimum Gasteiger partial charge on any atom is -0.493 e. The summed E-state index contributed by atoms with van der Waals surface area (Å²) in [6.07, 6.45) is 0. The van der Waals surface area contributed by atoms with E-state index in [2.05, 4.69) is 5.32 Å². The molecular weight excluding hydrogens is 370 g/mol. The van der Waals surface area contributed by atoms with Crippen LogP contribution in [0.1, 0.15) is 15.9 Å². The van der Waals surface area contributed by atoms with Crippen LogP contribution < -0.4 is 24.3 Å². The lowest BCUT2D eigenvalue weighted by Gasteiger charge is -2.15. The summed E-state index contributed by atoms with van der Waals surface area (Å²) in [7, 11) is 4.52. The predicted octanol–water partition coefficient (Wildman–Crippen LogP) is 5.07. The Morgan fingerprint density at radius 3 is 2.00 bits per heavy atom. The first-order valence-electron chi connectivity index (χ1n) is 9.00. The molecule has 3 rings (SSSR count). The molecule has 0 aliphatic rings. The van der Waals surface area contributed by atoms with Gasteiger partial charge in [0.1, 0.15) is 5.75 Å². The third-order valence-electron chi connectivity index (χ3n) is 4.31. The van der Waals surface area contributed by atoms with Gasteiger partial charge in [-0.1, -0.05) is 29.8 Å². The second-order valence-electron chi connectivity index (χ2n) is 6.28. The van der Waals surface area contributed by atoms with Gasteiger partial charge in [0.05, 0.1) is 27.0 Å². The van der Waals surface area contributed by atoms with Crippen LogP contribution in [0.2, 0.25) is 0 Å². The average molecular weight is 393 g/mol. The van der Waals surface area contributed by atoms with E-state index in [-0.39, 0.29) is 5.91 Å². The molecule has 0 saturated carbocycles. The van der Waals surface area contributed by atoms with Crippen LogP contribution in [0.25, 0.3) is 0 Å². The maximum atomic E-state index is 12.9. The van der Waals surface area contributed by atoms with Crippen LogP contribution in [0.5, 0.6) is 28.7 Å². The monoisotopic (exact) mass is 393 g/mol. The fraction of sp³-hybridized carbons (Fsp3) is 0.174. The van der Waals surface area contributed by atoms with E-state index < -0.39 is 0 Å². The van der Waals surface area contributed by atoms with Crippen LogP contribution >= 0.6 is 0 Å². The van der Waals surface area contributed by atoms with Gasteiger partial charge in [0.2, 0.25) is 5.75 Å². The van der Waals surface area contributed by atoms with Gasteiger partial charge in [-0.2, -0.15) is 0 Å². The first-order chi connectivity index (χ1) is 14.0. The Kier molecular flexibility index (Phi) is 6.24. The van der Waals surface area contributed by atoms with Gasteiger partial charge in [-0.3, -0.25) is 4.79 Å². The number of hydrogen-bond donors (Lipinski definition) is 1. The second-order valence-corrected chi connectivity index (χ2v) is 6.28. The first-order valence-corrected chi connectivity index (χ1v) is 9.00. The number of nitrogens with one attached hydrogen (secondary N) is 1. The van der Waals surface area contributed by atoms with Crippen molar-refractivity contribution in [3.8, 4) is 28.7 Å². The average Bonchev–Trinajstić information content (AvgIpc) is 2.75. The van der Waals surface area contributed by atoms with Crippen molar-refractivity contribution >= 4 is 11.6 Å². The van der Waals surface area contributed by atoms with Crippen molar-refractivity contribution in [2.75, 3.05) is 26.6 Å². The van der Waals surface area contributed by atoms with Crippen molar-refractivity contribution in [2.24, 2.45) is 0 Å². The summed E-state index contributed by atoms with van der Waals surface area (Å²) in [5.74, 6) is 2.13. The highest BCUT2D eigenvalue weighted by Gasteiger charge is 2.18. The lowest BCUT2D eigenvalue weighted by molar-refractivity contribution is 0.102. The highest BCUT2D eigenvalue weighted by Crippen LogP contribution is 2.38. The number of carbonyl (C=O) groups is 1. The number of amides is 1. The fourth-order valence-electron chi connectivity index (χ4n) is 2.80. The zero-order chi connectivity index (χ0) is 20.8. The van der Waals surface area contributed by atoms with Gasteiger partial charge in [0, 0.05) is 5.56 Å². The largest absolute Gasteiger partial charge is 0.493 e. The van der Waals surface area contributed by atoms with E-state index in [1.54, 1.807) is 24.3 Å². The molecule has 6 nitrogen and oxygen atoms in total. The number of anilines is 1. The van der Waals surface area contributed by atoms with Crippen LogP contribution in [0.3, 0.4) is 0 Å². The Labute approximate surface area is 170 Å². The number of carbonyl (C=O) groups excluding carboxylic acids is 1. The third-order valence-corrected chi connectivity index (χ3v) is 4.31. The van der Waals surface area contributed by atoms with Crippen LogP contribution in [-0.2, 0) is 0 Å². The second kappa shape index (κ2) is 9.01. The first kappa shape index (κ1) is 20.1. The molecule has 6 heteroatoms. The standard InChI is InChI=1S/C23H23NO5/c1-15-9-11-17(12-10-15)29-19-8-6-5-7-18(19)24-23(25)16-13-20(26-2)22(28-4)21(14-16)27-3/h5-14H,1-4H3,(H,24,25). The van der Waals surface area contributed by atoms with Crippen molar-refractivity contribution in [1.29, 1.82) is 0 Å². The molecule has 0 atom stereocenters. The summed E-state index contributed by atoms with van der Waals surface area (Å²) in [5, 5.41) is 2.88. The zero-order valence-corrected chi connectivity index (χ0v) is 16.8. The van der Waals surface area contributed by atoms with E-state index in [1.165, 1.54) is 21.3 Å². The molecule has 0 aliphatic carbocycles. The predicted molar refractivity (Wildman–Crippen MR) is 112 cm³/mol. The lowest BCUT2D eigenvalue weighted by atomic mass is 10.1. The Morgan fingerprint density at radius 1 is 0.793 bits per heavy atom. The van der Waals surface area contributed by atoms with Crippen molar-refractivity contribution in [2.45, 2.75) is 6.92 Å². The SMILES string of the molecule is COc1cc(C(=O)Nc2ccccc2Oc2ccc(C)cc2)cc(OC)c1OC. The van der Waals surface area contributed by atoms with E-state index in [1.807, 2.05) is 43.3 Å². The van der Waals surface area contributed by atoms with E-state index >= 15 is 0 Å². The molecule has 0 bridgehead atoms. The van der Waals surface area contributed by atoms with Gasteiger partial charge in [0.15, 0.2) is 17.2 Å². The van der Waals surface area contributed by atoms with Crippen LogP contribution in [-0.4, -0.2) is 27.2 Å². The summed E-state index contributed by atoms with van der Waals surface area (Å²) < 4.78 is 21.9. The molecule has 0 fully saturated rings.